The van der Waals surface area contributed by atoms with E-state index < -0.39 is 187 Å². The highest BCUT2D eigenvalue weighted by Crippen LogP contribution is 2.53. The normalized spacial score (nSPS) is 26.1. The average molecular weight is 1960 g/mol. The SMILES string of the molecule is CC[C@H]1O[C@@H](n2cnc(N)nc2=O)CC1OP(=O)(O)OC[C@H]1O[C@@H](n2cnc3c(=O)[nH]c(C)nc32)CC1OC(=O)c1ccccc1.CC[C@H]1O[C@@H](n2cnc3c(=O)[nH]c(C)nc32)CC1OP(=O)(O)OC[C@H]1O[C@@H](n2cnc(N)nc2=O)CC1OC(=O)c1ccccc1.CC[C@H]1O[C@@H](n2cnc3c(=O)[nH]c(C)nc32)CC1OP(=O)(O)OC[C@H]1O[C@@H](n2cnc(N)nc2=O)CC1OCc1ccccc1. The number of imidazole rings is 3. The zero-order valence-corrected chi connectivity index (χ0v) is 76.5. The van der Waals surface area contributed by atoms with Crippen molar-refractivity contribution in [2.24, 2.45) is 0 Å². The van der Waals surface area contributed by atoms with Gasteiger partial charge in [0.1, 0.15) is 104 Å². The van der Waals surface area contributed by atoms with E-state index in [1.165, 1.54) is 40.8 Å². The number of nitrogens with two attached hydrogens (primary N) is 3. The number of aryl methyl sites for hydroxylation is 3. The van der Waals surface area contributed by atoms with Gasteiger partial charge in [0.05, 0.1) is 99.3 Å². The largest absolute Gasteiger partial charge is 0.472 e. The standard InChI is InChI=1S/2C27H31N8O10P.C27H33N8O9P/c1-3-16-18(10-20(42-16)34-12-29-22-23(34)31-14(2)32-24(22)36)45-46(39,40)41-11-19-17(44-25(37)15-7-5-4-6-8-15)9-21(43-19)35-13-30-26(28)33-27(35)38;1-3-16-18(10-21(42-16)35-13-30-26(28)33-27(35)38)45-46(39,40)41-11-19-17(44-25(37)15-7-5-4-6-8-15)9-20(43-19)34-12-29-22-23(34)31-14(2)32-24(22)36;1-3-17-19(10-21(42-17)34-13-29-23-24(34)31-15(2)32-25(23)36)44-45(38,39)41-12-20-18(40-11-16-7-5-4-6-8-16)9-22(43-20)35-14-30-26(28)33-27(35)37/h2*4-8,12-13,16-21H,3,9-11H2,1-2H3,(H,39,40)(H2,28,33,38)(H,31,32,36);4-8,13-14,17-22H,3,9-12H2,1-2H3,(H,38,39)(H2,28,33,37)(H,31,32,36)/t2*16-,17?,18?,19-,20-,21-;17-,18?,19?,20-,21-,22-/m111/s1. The van der Waals surface area contributed by atoms with Gasteiger partial charge in [-0.05, 0) is 69.9 Å². The molecule has 0 bridgehead atoms. The summed E-state index contributed by atoms with van der Waals surface area (Å²) >= 11 is 0. The second-order valence-electron chi connectivity index (χ2n) is 32.2. The number of esters is 2. The summed E-state index contributed by atoms with van der Waals surface area (Å²) in [6.45, 7) is 9.21. The van der Waals surface area contributed by atoms with Gasteiger partial charge < -0.3 is 89.5 Å². The van der Waals surface area contributed by atoms with E-state index in [0.29, 0.717) is 53.6 Å². The zero-order valence-electron chi connectivity index (χ0n) is 73.8. The first-order valence-corrected chi connectivity index (χ1v) is 47.6. The fourth-order valence-corrected chi connectivity index (χ4v) is 19.2. The lowest BCUT2D eigenvalue weighted by atomic mass is 10.1. The molecule has 0 amide bonds. The molecular formula is C81H95N24O29P3. The number of ether oxygens (including phenoxy) is 9. The van der Waals surface area contributed by atoms with Crippen LogP contribution in [0.3, 0.4) is 0 Å². The molecule has 12 aromatic rings. The number of carbonyl (C=O) groups is 2. The predicted molar refractivity (Wildman–Crippen MR) is 471 cm³/mol. The van der Waals surface area contributed by atoms with Gasteiger partial charge in [0.2, 0.25) is 17.8 Å². The summed E-state index contributed by atoms with van der Waals surface area (Å²) in [7, 11) is -14.1. The van der Waals surface area contributed by atoms with Crippen LogP contribution in [0.2, 0.25) is 0 Å². The molecule has 6 aliphatic heterocycles. The highest BCUT2D eigenvalue weighted by molar-refractivity contribution is 7.48. The van der Waals surface area contributed by atoms with E-state index in [0.717, 1.165) is 21.0 Å². The van der Waals surface area contributed by atoms with Gasteiger partial charge in [0, 0.05) is 38.5 Å². The van der Waals surface area contributed by atoms with Crippen molar-refractivity contribution in [3.8, 4) is 0 Å². The number of aromatic amines is 3. The second-order valence-corrected chi connectivity index (χ2v) is 36.5. The molecule has 3 aromatic carbocycles. The molecule has 21 atom stereocenters. The number of phosphoric ester groups is 3. The van der Waals surface area contributed by atoms with E-state index in [-0.39, 0.29) is 103 Å². The molecule has 6 saturated heterocycles. The van der Waals surface area contributed by atoms with E-state index in [1.54, 1.807) is 97.5 Å². The van der Waals surface area contributed by atoms with Crippen molar-refractivity contribution in [2.75, 3.05) is 37.0 Å². The van der Waals surface area contributed by atoms with Gasteiger partial charge >= 0.3 is 52.5 Å². The summed E-state index contributed by atoms with van der Waals surface area (Å²) in [5.74, 6) is -0.727. The summed E-state index contributed by atoms with van der Waals surface area (Å²) in [6.07, 6.45) is -4.98. The number of hydrogen-bond acceptors (Lipinski definition) is 41. The number of anilines is 3. The first kappa shape index (κ1) is 97.6. The van der Waals surface area contributed by atoms with Crippen molar-refractivity contribution < 1.29 is 108 Å². The summed E-state index contributed by atoms with van der Waals surface area (Å²) in [4.78, 5) is 188. The molecule has 12 N–H and O–H groups in total. The topological polar surface area (TPSA) is 697 Å². The summed E-state index contributed by atoms with van der Waals surface area (Å²) in [6, 6.07) is 26.0. The molecule has 6 fully saturated rings. The third-order valence-corrected chi connectivity index (χ3v) is 25.9. The van der Waals surface area contributed by atoms with Gasteiger partial charge in [-0.2, -0.15) is 15.0 Å². The zero-order chi connectivity index (χ0) is 96.9. The lowest BCUT2D eigenvalue weighted by Crippen LogP contribution is -2.31. The van der Waals surface area contributed by atoms with Crippen molar-refractivity contribution in [1.82, 2.24) is 102 Å². The van der Waals surface area contributed by atoms with Crippen molar-refractivity contribution in [3.63, 3.8) is 0 Å². The molecule has 15 heterocycles. The van der Waals surface area contributed by atoms with Gasteiger partial charge in [-0.1, -0.05) is 87.5 Å². The number of carbonyl (C=O) groups excluding carboxylic acids is 2. The third kappa shape index (κ3) is 23.0. The fourth-order valence-electron chi connectivity index (χ4n) is 16.4. The Morgan fingerprint density at radius 3 is 0.956 bits per heavy atom. The van der Waals surface area contributed by atoms with Crippen LogP contribution < -0.4 is 50.9 Å². The van der Waals surface area contributed by atoms with Crippen molar-refractivity contribution in [1.29, 1.82) is 0 Å². The van der Waals surface area contributed by atoms with Gasteiger partial charge in [0.25, 0.3) is 16.7 Å². The predicted octanol–water partition coefficient (Wildman–Crippen LogP) is 4.48. The number of phosphoric acid groups is 3. The Labute approximate surface area is 772 Å². The molecule has 53 nitrogen and oxygen atoms in total. The average Bonchev–Trinajstić information content (AvgIpc) is 1.63. The van der Waals surface area contributed by atoms with Crippen LogP contribution in [0.5, 0.6) is 0 Å². The third-order valence-electron chi connectivity index (χ3n) is 22.9. The maximum Gasteiger partial charge on any atom is 0.472 e. The minimum atomic E-state index is -4.75. The highest BCUT2D eigenvalue weighted by Gasteiger charge is 2.49. The van der Waals surface area contributed by atoms with E-state index in [4.69, 9.17) is 87.0 Å². The number of hydrogen-bond donors (Lipinski definition) is 9. The van der Waals surface area contributed by atoms with Crippen LogP contribution >= 0.6 is 23.5 Å². The van der Waals surface area contributed by atoms with E-state index >= 15 is 0 Å². The molecule has 56 heteroatoms. The van der Waals surface area contributed by atoms with Gasteiger partial charge in [-0.3, -0.25) is 68.9 Å². The fraction of sp³-hybridized carbons (Fsp3) is 0.457. The number of benzene rings is 3. The first-order valence-electron chi connectivity index (χ1n) is 43.1. The lowest BCUT2D eigenvalue weighted by molar-refractivity contribution is -0.0685. The Kier molecular flexibility index (Phi) is 29.8. The molecule has 9 unspecified atom stereocenters. The van der Waals surface area contributed by atoms with Crippen molar-refractivity contribution in [2.45, 2.75) is 217 Å². The van der Waals surface area contributed by atoms with E-state index in [9.17, 15) is 66.7 Å². The Bertz CT molecular complexity index is 6890. The van der Waals surface area contributed by atoms with Gasteiger partial charge in [-0.15, -0.1) is 0 Å². The summed E-state index contributed by atoms with van der Waals surface area (Å²) in [5, 5.41) is 0. The number of H-pyrrole nitrogens is 3. The highest BCUT2D eigenvalue weighted by atomic mass is 31.2. The Hall–Kier alpha value is -12.5. The number of aromatic nitrogens is 21. The van der Waals surface area contributed by atoms with Crippen LogP contribution in [0.1, 0.15) is 160 Å². The molecule has 0 radical (unpaired) electrons. The Morgan fingerprint density at radius 1 is 0.380 bits per heavy atom. The Morgan fingerprint density at radius 2 is 0.650 bits per heavy atom. The number of nitrogens with zero attached hydrogens (tertiary/aromatic N) is 18. The molecule has 728 valence electrons. The molecule has 6 aliphatic rings. The van der Waals surface area contributed by atoms with E-state index in [2.05, 4.69) is 74.8 Å². The molecular weight excluding hydrogens is 1870 g/mol. The maximum absolute atomic E-state index is 13.2. The van der Waals surface area contributed by atoms with E-state index in [1.807, 2.05) is 44.2 Å². The molecule has 9 aromatic heterocycles. The quantitative estimate of drug-likeness (QED) is 0.0213. The van der Waals surface area contributed by atoms with Crippen LogP contribution in [0.15, 0.2) is 158 Å². The maximum atomic E-state index is 13.2. The molecule has 18 rings (SSSR count). The van der Waals surface area contributed by atoms with Crippen LogP contribution in [-0.2, 0) is 90.1 Å². The number of fused-ring (bicyclic) bond motifs is 3. The summed E-state index contributed by atoms with van der Waals surface area (Å²) < 4.78 is 134. The van der Waals surface area contributed by atoms with Crippen LogP contribution in [-0.4, -0.2) is 222 Å². The smallest absolute Gasteiger partial charge is 0.456 e. The van der Waals surface area contributed by atoms with Gasteiger partial charge in [-0.25, -0.2) is 82.5 Å². The second kappa shape index (κ2) is 41.8. The number of nitrogen functional groups attached to an aromatic ring is 3. The van der Waals surface area contributed by atoms with Crippen molar-refractivity contribution in [3.05, 3.63) is 226 Å². The number of rotatable bonds is 31. The first-order chi connectivity index (χ1) is 65.6. The minimum absolute atomic E-state index is 0.0123. The molecule has 137 heavy (non-hydrogen) atoms. The Balaban J connectivity index is 0.000000149. The minimum Gasteiger partial charge on any atom is -0.456 e. The van der Waals surface area contributed by atoms with Crippen LogP contribution in [0, 0.1) is 20.8 Å². The van der Waals surface area contributed by atoms with Crippen LogP contribution in [0.4, 0.5) is 17.8 Å². The molecule has 0 aliphatic carbocycles. The van der Waals surface area contributed by atoms with Crippen molar-refractivity contribution >= 4 is 86.7 Å². The van der Waals surface area contributed by atoms with Crippen LogP contribution in [0.25, 0.3) is 33.5 Å². The number of nitrogens with one attached hydrogen (secondary N) is 3. The molecule has 0 saturated carbocycles. The lowest BCUT2D eigenvalue weighted by Gasteiger charge is -2.23. The monoisotopic (exact) mass is 1960 g/mol. The molecule has 0 spiro atoms. The van der Waals surface area contributed by atoms with Gasteiger partial charge in [0.15, 0.2) is 33.5 Å². The summed E-state index contributed by atoms with van der Waals surface area (Å²) in [5.41, 5.74) is 15.9.